The molecule has 2 heterocycles. The molecule has 4 aromatic rings. The first-order chi connectivity index (χ1) is 15.1. The highest BCUT2D eigenvalue weighted by atomic mass is 127. The van der Waals surface area contributed by atoms with E-state index in [4.69, 9.17) is 16.1 Å². The number of benzene rings is 2. The van der Waals surface area contributed by atoms with Gasteiger partial charge in [0.05, 0.1) is 0 Å². The Hall–Kier alpha value is -2.59. The second-order valence-electron chi connectivity index (χ2n) is 7.22. The van der Waals surface area contributed by atoms with Gasteiger partial charge in [0.25, 0.3) is 0 Å². The lowest BCUT2D eigenvalue weighted by molar-refractivity contribution is 0.378. The number of rotatable bonds is 7. The normalized spacial score (nSPS) is 11.4. The molecule has 168 valence electrons. The maximum absolute atomic E-state index is 5.92. The van der Waals surface area contributed by atoms with Gasteiger partial charge in [-0.05, 0) is 49.2 Å². The van der Waals surface area contributed by atoms with Crippen LogP contribution in [0.2, 0.25) is 5.02 Å². The Morgan fingerprint density at radius 2 is 1.78 bits per heavy atom. The fraction of sp³-hybridized carbons (Fsp3) is 0.261. The van der Waals surface area contributed by atoms with Crippen LogP contribution in [0, 0.1) is 6.92 Å². The highest BCUT2D eigenvalue weighted by Gasteiger charge is 2.10. The zero-order valence-corrected chi connectivity index (χ0v) is 21.1. The Bertz CT molecular complexity index is 1180. The molecule has 9 heteroatoms. The molecule has 3 N–H and O–H groups in total. The predicted molar refractivity (Wildman–Crippen MR) is 140 cm³/mol. The van der Waals surface area contributed by atoms with Crippen molar-refractivity contribution in [3.05, 3.63) is 70.7 Å². The number of halogens is 2. The first kappa shape index (κ1) is 24.1. The Labute approximate surface area is 209 Å². The van der Waals surface area contributed by atoms with Crippen LogP contribution in [0.5, 0.6) is 0 Å². The summed E-state index contributed by atoms with van der Waals surface area (Å²) in [6, 6.07) is 15.7. The largest absolute Gasteiger partial charge is 0.358 e. The number of aryl methyl sites for hydroxylation is 1. The van der Waals surface area contributed by atoms with Crippen molar-refractivity contribution in [1.82, 2.24) is 25.8 Å². The highest BCUT2D eigenvalue weighted by molar-refractivity contribution is 14.0. The molecule has 0 saturated carbocycles. The van der Waals surface area contributed by atoms with Gasteiger partial charge in [-0.25, -0.2) is 0 Å². The molecule has 0 saturated heterocycles. The van der Waals surface area contributed by atoms with Crippen molar-refractivity contribution in [2.75, 3.05) is 20.1 Å². The van der Waals surface area contributed by atoms with Crippen molar-refractivity contribution >= 4 is 52.4 Å². The number of aromatic amines is 1. The Morgan fingerprint density at radius 1 is 1.06 bits per heavy atom. The van der Waals surface area contributed by atoms with Crippen molar-refractivity contribution in [2.24, 2.45) is 4.99 Å². The van der Waals surface area contributed by atoms with Gasteiger partial charge in [0, 0.05) is 53.7 Å². The standard InChI is InChI=1S/C23H25ClN6O.HI/c1-15-18(19-5-3-4-6-20(19)28-15)11-13-26-23(25-2)27-14-12-21-29-22(30-31-21)16-7-9-17(24)10-8-16;/h3-10,28H,11-14H2,1-2H3,(H2,25,26,27);1H. The quantitative estimate of drug-likeness (QED) is 0.171. The summed E-state index contributed by atoms with van der Waals surface area (Å²) >= 11 is 5.92. The molecule has 0 unspecified atom stereocenters. The fourth-order valence-electron chi connectivity index (χ4n) is 3.54. The molecule has 7 nitrogen and oxygen atoms in total. The van der Waals surface area contributed by atoms with Crippen LogP contribution < -0.4 is 10.6 Å². The van der Waals surface area contributed by atoms with Gasteiger partial charge in [-0.15, -0.1) is 24.0 Å². The molecule has 4 rings (SSSR count). The van der Waals surface area contributed by atoms with Gasteiger partial charge in [0.2, 0.25) is 11.7 Å². The van der Waals surface area contributed by atoms with Gasteiger partial charge >= 0.3 is 0 Å². The second kappa shape index (κ2) is 11.3. The van der Waals surface area contributed by atoms with Gasteiger partial charge in [-0.2, -0.15) is 4.98 Å². The van der Waals surface area contributed by atoms with Gasteiger partial charge in [0.1, 0.15) is 0 Å². The van der Waals surface area contributed by atoms with Crippen LogP contribution in [-0.4, -0.2) is 41.2 Å². The van der Waals surface area contributed by atoms with Crippen molar-refractivity contribution in [2.45, 2.75) is 19.8 Å². The monoisotopic (exact) mass is 564 g/mol. The minimum absolute atomic E-state index is 0. The van der Waals surface area contributed by atoms with Gasteiger partial charge < -0.3 is 20.1 Å². The molecule has 0 spiro atoms. The minimum Gasteiger partial charge on any atom is -0.358 e. The zero-order valence-electron chi connectivity index (χ0n) is 18.0. The number of H-pyrrole nitrogens is 1. The molecule has 2 aromatic heterocycles. The highest BCUT2D eigenvalue weighted by Crippen LogP contribution is 2.22. The van der Waals surface area contributed by atoms with Crippen LogP contribution in [0.4, 0.5) is 0 Å². The van der Waals surface area contributed by atoms with Crippen molar-refractivity contribution in [1.29, 1.82) is 0 Å². The molecule has 0 amide bonds. The summed E-state index contributed by atoms with van der Waals surface area (Å²) in [5.74, 6) is 1.88. The summed E-state index contributed by atoms with van der Waals surface area (Å²) in [5, 5.41) is 12.7. The van der Waals surface area contributed by atoms with E-state index < -0.39 is 0 Å². The SMILES string of the molecule is CN=C(NCCc1nc(-c2ccc(Cl)cc2)no1)NCCc1c(C)[nH]c2ccccc12.I. The Balaban J connectivity index is 0.00000289. The summed E-state index contributed by atoms with van der Waals surface area (Å²) in [5.41, 5.74) is 4.59. The molecule has 0 aliphatic carbocycles. The predicted octanol–water partition coefficient (Wildman–Crippen LogP) is 4.75. The molecule has 0 fully saturated rings. The van der Waals surface area contributed by atoms with Gasteiger partial charge in [-0.1, -0.05) is 35.0 Å². The smallest absolute Gasteiger partial charge is 0.228 e. The molecule has 2 aromatic carbocycles. The number of nitrogens with one attached hydrogen (secondary N) is 3. The summed E-state index contributed by atoms with van der Waals surface area (Å²) in [6.45, 7) is 3.53. The minimum atomic E-state index is 0. The third kappa shape index (κ3) is 5.80. The van der Waals surface area contributed by atoms with Gasteiger partial charge in [-0.3, -0.25) is 4.99 Å². The molecular formula is C23H26ClIN6O. The first-order valence-corrected chi connectivity index (χ1v) is 10.6. The maximum atomic E-state index is 5.92. The lowest BCUT2D eigenvalue weighted by atomic mass is 10.1. The van der Waals surface area contributed by atoms with E-state index in [9.17, 15) is 0 Å². The van der Waals surface area contributed by atoms with Crippen LogP contribution in [0.1, 0.15) is 17.1 Å². The van der Waals surface area contributed by atoms with E-state index in [2.05, 4.69) is 55.9 Å². The number of nitrogens with zero attached hydrogens (tertiary/aromatic N) is 3. The van der Waals surface area contributed by atoms with Crippen LogP contribution in [0.25, 0.3) is 22.3 Å². The second-order valence-corrected chi connectivity index (χ2v) is 7.65. The molecule has 0 aliphatic rings. The average Bonchev–Trinajstić information content (AvgIpc) is 3.37. The number of hydrogen-bond acceptors (Lipinski definition) is 4. The van der Waals surface area contributed by atoms with Crippen LogP contribution in [0.15, 0.2) is 58.0 Å². The lowest BCUT2D eigenvalue weighted by Crippen LogP contribution is -2.39. The Kier molecular flexibility index (Phi) is 8.52. The molecule has 0 bridgehead atoms. The summed E-state index contributed by atoms with van der Waals surface area (Å²) < 4.78 is 5.35. The molecule has 0 atom stereocenters. The van der Waals surface area contributed by atoms with E-state index in [1.807, 2.05) is 30.3 Å². The number of hydrogen-bond donors (Lipinski definition) is 3. The molecular weight excluding hydrogens is 539 g/mol. The first-order valence-electron chi connectivity index (χ1n) is 10.2. The van der Waals surface area contributed by atoms with Crippen molar-refractivity contribution < 1.29 is 4.52 Å². The summed E-state index contributed by atoms with van der Waals surface area (Å²) in [7, 11) is 1.76. The van der Waals surface area contributed by atoms with E-state index in [1.54, 1.807) is 7.05 Å². The van der Waals surface area contributed by atoms with Gasteiger partial charge in [0.15, 0.2) is 5.96 Å². The number of aliphatic imine (C=N–C) groups is 1. The third-order valence-electron chi connectivity index (χ3n) is 5.12. The number of aromatic nitrogens is 3. The van der Waals surface area contributed by atoms with Crippen LogP contribution in [-0.2, 0) is 12.8 Å². The summed E-state index contributed by atoms with van der Waals surface area (Å²) in [4.78, 5) is 12.2. The van der Waals surface area contributed by atoms with Crippen molar-refractivity contribution in [3.63, 3.8) is 0 Å². The van der Waals surface area contributed by atoms with Crippen LogP contribution >= 0.6 is 35.6 Å². The zero-order chi connectivity index (χ0) is 21.6. The number of guanidine groups is 1. The van der Waals surface area contributed by atoms with E-state index in [0.29, 0.717) is 29.7 Å². The fourth-order valence-corrected chi connectivity index (χ4v) is 3.67. The molecule has 0 radical (unpaired) electrons. The van der Waals surface area contributed by atoms with E-state index in [1.165, 1.54) is 22.2 Å². The topological polar surface area (TPSA) is 91.1 Å². The molecule has 0 aliphatic heterocycles. The number of para-hydroxylation sites is 1. The summed E-state index contributed by atoms with van der Waals surface area (Å²) in [6.07, 6.45) is 1.51. The van der Waals surface area contributed by atoms with Crippen molar-refractivity contribution in [3.8, 4) is 11.4 Å². The van der Waals surface area contributed by atoms with Crippen LogP contribution in [0.3, 0.4) is 0 Å². The lowest BCUT2D eigenvalue weighted by Gasteiger charge is -2.11. The number of fused-ring (bicyclic) bond motifs is 1. The van der Waals surface area contributed by atoms with E-state index in [0.717, 1.165) is 24.5 Å². The Morgan fingerprint density at radius 3 is 2.53 bits per heavy atom. The third-order valence-corrected chi connectivity index (χ3v) is 5.37. The van der Waals surface area contributed by atoms with E-state index in [-0.39, 0.29) is 24.0 Å². The average molecular weight is 565 g/mol. The maximum Gasteiger partial charge on any atom is 0.228 e. The van der Waals surface area contributed by atoms with E-state index >= 15 is 0 Å². The molecule has 32 heavy (non-hydrogen) atoms.